The summed E-state index contributed by atoms with van der Waals surface area (Å²) in [5.74, 6) is -1.89. The molecule has 1 aliphatic heterocycles. The molecule has 3 aromatic rings. The smallest absolute Gasteiger partial charge is 0.275 e. The normalized spacial score (nSPS) is 17.7. The van der Waals surface area contributed by atoms with Gasteiger partial charge >= 0.3 is 0 Å². The molecule has 0 radical (unpaired) electrons. The van der Waals surface area contributed by atoms with Gasteiger partial charge in [0.2, 0.25) is 5.43 Å². The first kappa shape index (κ1) is 24.4. The molecule has 3 N–H and O–H groups in total. The summed E-state index contributed by atoms with van der Waals surface area (Å²) in [5, 5.41) is 21.6. The van der Waals surface area contributed by atoms with E-state index in [1.54, 1.807) is 0 Å². The summed E-state index contributed by atoms with van der Waals surface area (Å²) < 4.78 is 41.0. The number of carbonyl (C=O) groups is 1. The van der Waals surface area contributed by atoms with Crippen LogP contribution in [-0.4, -0.2) is 50.9 Å². The number of aromatic nitrogens is 3. The SMILES string of the molecule is C#C[C@@H]1CCN[C@H](N(C)C(=O)c2[nH]cc(-c3nnc(Cc4c(F)cc(F)cc4F)s3)c(=O)c2O)C1. The van der Waals surface area contributed by atoms with Gasteiger partial charge in [0.25, 0.3) is 5.91 Å². The van der Waals surface area contributed by atoms with Crippen molar-refractivity contribution in [2.45, 2.75) is 25.4 Å². The van der Waals surface area contributed by atoms with Crippen molar-refractivity contribution in [3.05, 3.63) is 62.3 Å². The number of halogens is 3. The zero-order valence-corrected chi connectivity index (χ0v) is 19.3. The number of amides is 1. The molecule has 1 amide bonds. The molecule has 2 atom stereocenters. The van der Waals surface area contributed by atoms with Gasteiger partial charge in [-0.25, -0.2) is 13.2 Å². The van der Waals surface area contributed by atoms with Crippen LogP contribution in [0.5, 0.6) is 5.75 Å². The van der Waals surface area contributed by atoms with Crippen LogP contribution in [0, 0.1) is 35.7 Å². The third-order valence-electron chi connectivity index (χ3n) is 5.81. The van der Waals surface area contributed by atoms with E-state index in [0.29, 0.717) is 25.1 Å². The lowest BCUT2D eigenvalue weighted by Gasteiger charge is -2.34. The molecule has 0 spiro atoms. The second kappa shape index (κ2) is 9.89. The second-order valence-electron chi connectivity index (χ2n) is 8.05. The van der Waals surface area contributed by atoms with Gasteiger partial charge in [0.15, 0.2) is 16.5 Å². The molecule has 182 valence electrons. The van der Waals surface area contributed by atoms with Gasteiger partial charge in [-0.05, 0) is 19.4 Å². The van der Waals surface area contributed by atoms with Crippen molar-refractivity contribution < 1.29 is 23.1 Å². The fraction of sp³-hybridized carbons (Fsp3) is 0.304. The standard InChI is InChI=1S/C23H20F3N5O3S/c1-3-11-4-5-27-17(6-11)31(2)23(34)19-21(33)20(32)14(10-28-19)22-30-29-18(35-22)9-13-15(25)7-12(24)8-16(13)26/h1,7-8,10-11,17,27,33H,4-6,9H2,2H3,(H,28,32)/t11-,17-/m1/s1. The van der Waals surface area contributed by atoms with Gasteiger partial charge in [-0.3, -0.25) is 14.9 Å². The lowest BCUT2D eigenvalue weighted by Crippen LogP contribution is -2.51. The summed E-state index contributed by atoms with van der Waals surface area (Å²) in [5.41, 5.74) is -1.63. The van der Waals surface area contributed by atoms with E-state index in [4.69, 9.17) is 6.42 Å². The Morgan fingerprint density at radius 2 is 2.03 bits per heavy atom. The van der Waals surface area contributed by atoms with E-state index in [9.17, 15) is 27.9 Å². The van der Waals surface area contributed by atoms with Gasteiger partial charge in [-0.1, -0.05) is 11.3 Å². The monoisotopic (exact) mass is 503 g/mol. The van der Waals surface area contributed by atoms with Crippen molar-refractivity contribution in [2.24, 2.45) is 5.92 Å². The van der Waals surface area contributed by atoms with Gasteiger partial charge in [-0.15, -0.1) is 22.5 Å². The molecule has 1 aromatic carbocycles. The number of hydrogen-bond acceptors (Lipinski definition) is 7. The Morgan fingerprint density at radius 1 is 1.31 bits per heavy atom. The summed E-state index contributed by atoms with van der Waals surface area (Å²) in [6, 6.07) is 1.12. The fourth-order valence-electron chi connectivity index (χ4n) is 3.83. The molecule has 8 nitrogen and oxygen atoms in total. The molecule has 1 saturated heterocycles. The Morgan fingerprint density at radius 3 is 2.71 bits per heavy atom. The number of carbonyl (C=O) groups excluding carboxylic acids is 1. The molecule has 0 unspecified atom stereocenters. The average molecular weight is 504 g/mol. The number of terminal acetylenes is 1. The van der Waals surface area contributed by atoms with Crippen LogP contribution in [0.1, 0.15) is 33.9 Å². The first-order valence-corrected chi connectivity index (χ1v) is 11.4. The van der Waals surface area contributed by atoms with Gasteiger partial charge in [0, 0.05) is 43.3 Å². The maximum absolute atomic E-state index is 13.9. The van der Waals surface area contributed by atoms with Crippen LogP contribution >= 0.6 is 11.3 Å². The predicted octanol–water partition coefficient (Wildman–Crippen LogP) is 2.64. The molecule has 1 aliphatic rings. The Hall–Kier alpha value is -3.69. The first-order valence-electron chi connectivity index (χ1n) is 10.6. The number of benzene rings is 1. The molecular formula is C23H20F3N5O3S. The summed E-state index contributed by atoms with van der Waals surface area (Å²) in [4.78, 5) is 29.7. The van der Waals surface area contributed by atoms with E-state index >= 15 is 0 Å². The Balaban J connectivity index is 1.56. The molecule has 0 bridgehead atoms. The molecule has 0 saturated carbocycles. The fourth-order valence-corrected chi connectivity index (χ4v) is 4.69. The minimum Gasteiger partial charge on any atom is -0.503 e. The number of H-pyrrole nitrogens is 1. The number of nitrogens with zero attached hydrogens (tertiary/aromatic N) is 3. The van der Waals surface area contributed by atoms with E-state index in [1.807, 2.05) is 0 Å². The van der Waals surface area contributed by atoms with Crippen LogP contribution in [0.25, 0.3) is 10.6 Å². The van der Waals surface area contributed by atoms with Crippen LogP contribution in [-0.2, 0) is 6.42 Å². The summed E-state index contributed by atoms with van der Waals surface area (Å²) in [6.45, 7) is 0.629. The molecule has 4 rings (SSSR count). The quantitative estimate of drug-likeness (QED) is 0.462. The molecule has 0 aliphatic carbocycles. The van der Waals surface area contributed by atoms with Crippen molar-refractivity contribution in [3.8, 4) is 28.7 Å². The first-order chi connectivity index (χ1) is 16.7. The number of pyridine rings is 1. The van der Waals surface area contributed by atoms with Gasteiger partial charge in [0.05, 0.1) is 11.7 Å². The van der Waals surface area contributed by atoms with E-state index < -0.39 is 40.1 Å². The number of aromatic amines is 1. The number of hydrogen-bond donors (Lipinski definition) is 3. The summed E-state index contributed by atoms with van der Waals surface area (Å²) >= 11 is 0.867. The molecule has 12 heteroatoms. The van der Waals surface area contributed by atoms with Crippen molar-refractivity contribution in [3.63, 3.8) is 0 Å². The maximum atomic E-state index is 13.9. The highest BCUT2D eigenvalue weighted by Gasteiger charge is 2.29. The zero-order valence-electron chi connectivity index (χ0n) is 18.4. The average Bonchev–Trinajstić information content (AvgIpc) is 3.30. The Kier molecular flexibility index (Phi) is 6.90. The van der Waals surface area contributed by atoms with Crippen LogP contribution in [0.3, 0.4) is 0 Å². The second-order valence-corrected chi connectivity index (χ2v) is 9.12. The van der Waals surface area contributed by atoms with Crippen molar-refractivity contribution >= 4 is 17.2 Å². The predicted molar refractivity (Wildman–Crippen MR) is 122 cm³/mol. The molecule has 3 heterocycles. The van der Waals surface area contributed by atoms with Crippen molar-refractivity contribution in [1.29, 1.82) is 0 Å². The highest BCUT2D eigenvalue weighted by Crippen LogP contribution is 2.27. The number of piperidine rings is 1. The van der Waals surface area contributed by atoms with Gasteiger partial charge in [-0.2, -0.15) is 0 Å². The Labute approximate surface area is 201 Å². The Bertz CT molecular complexity index is 1360. The largest absolute Gasteiger partial charge is 0.503 e. The molecule has 2 aromatic heterocycles. The van der Waals surface area contributed by atoms with Crippen LogP contribution < -0.4 is 10.7 Å². The van der Waals surface area contributed by atoms with E-state index in [2.05, 4.69) is 26.4 Å². The molecular weight excluding hydrogens is 483 g/mol. The van der Waals surface area contributed by atoms with Gasteiger partial charge in [0.1, 0.15) is 22.5 Å². The van der Waals surface area contributed by atoms with E-state index in [1.165, 1.54) is 18.1 Å². The van der Waals surface area contributed by atoms with E-state index in [-0.39, 0.29) is 39.8 Å². The number of nitrogens with one attached hydrogen (secondary N) is 2. The van der Waals surface area contributed by atoms with Crippen molar-refractivity contribution in [1.82, 2.24) is 25.4 Å². The molecule has 35 heavy (non-hydrogen) atoms. The minimum atomic E-state index is -1.07. The minimum absolute atomic E-state index is 0.00924. The highest BCUT2D eigenvalue weighted by atomic mass is 32.1. The maximum Gasteiger partial charge on any atom is 0.275 e. The number of rotatable bonds is 5. The van der Waals surface area contributed by atoms with Crippen LogP contribution in [0.15, 0.2) is 23.1 Å². The highest BCUT2D eigenvalue weighted by molar-refractivity contribution is 7.14. The lowest BCUT2D eigenvalue weighted by atomic mass is 9.96. The third kappa shape index (κ3) is 4.91. The van der Waals surface area contributed by atoms with Crippen LogP contribution in [0.4, 0.5) is 13.2 Å². The zero-order chi connectivity index (χ0) is 25.3. The van der Waals surface area contributed by atoms with E-state index in [0.717, 1.165) is 17.8 Å². The topological polar surface area (TPSA) is 111 Å². The van der Waals surface area contributed by atoms with Crippen molar-refractivity contribution in [2.75, 3.05) is 13.6 Å². The van der Waals surface area contributed by atoms with Crippen LogP contribution in [0.2, 0.25) is 0 Å². The number of aromatic hydroxyl groups is 1. The summed E-state index contributed by atoms with van der Waals surface area (Å²) in [6.07, 6.45) is 7.36. The molecule has 1 fully saturated rings. The third-order valence-corrected chi connectivity index (χ3v) is 6.76. The van der Waals surface area contributed by atoms with Gasteiger partial charge < -0.3 is 15.0 Å². The lowest BCUT2D eigenvalue weighted by molar-refractivity contribution is 0.0643. The summed E-state index contributed by atoms with van der Waals surface area (Å²) in [7, 11) is 1.54.